The smallest absolute Gasteiger partial charge is 0 e. The van der Waals surface area contributed by atoms with E-state index in [1.54, 1.807) is 0 Å². The minimum absolute atomic E-state index is 0. The Morgan fingerprint density at radius 2 is 1.00 bits per heavy atom. The molecule has 13 heavy (non-hydrogen) atoms. The maximum absolute atomic E-state index is 2.24. The van der Waals surface area contributed by atoms with E-state index >= 15 is 0 Å². The number of aryl methyl sites for hydroxylation is 2. The summed E-state index contributed by atoms with van der Waals surface area (Å²) in [5, 5.41) is 0. The van der Waals surface area contributed by atoms with Crippen molar-refractivity contribution in [3.05, 3.63) is 28.3 Å². The van der Waals surface area contributed by atoms with Crippen molar-refractivity contribution in [1.82, 2.24) is 0 Å². The standard InChI is InChI=1S/C9H13.2ClH.H3Si.Zr/c1-6-5-7(2)9(4)8(6)3;;;;/h5H,1-4H3;2*1H;1H3;/q-1;;;;. The molecule has 0 spiro atoms. The number of hydrogen-bond acceptors (Lipinski definition) is 0. The van der Waals surface area contributed by atoms with Gasteiger partial charge in [-0.1, -0.05) is 27.7 Å². The van der Waals surface area contributed by atoms with Gasteiger partial charge < -0.3 is 0 Å². The van der Waals surface area contributed by atoms with Gasteiger partial charge in [0.05, 0.1) is 0 Å². The first-order chi connectivity index (χ1) is 4.13. The van der Waals surface area contributed by atoms with Crippen molar-refractivity contribution in [1.29, 1.82) is 0 Å². The Labute approximate surface area is 117 Å². The predicted molar refractivity (Wildman–Crippen MR) is 65.4 cm³/mol. The molecule has 4 heteroatoms. The third-order valence-corrected chi connectivity index (χ3v) is 2.18. The molecule has 0 heterocycles. The summed E-state index contributed by atoms with van der Waals surface area (Å²) < 4.78 is 0. The van der Waals surface area contributed by atoms with Gasteiger partial charge in [-0.15, -0.1) is 24.8 Å². The maximum atomic E-state index is 2.24. The summed E-state index contributed by atoms with van der Waals surface area (Å²) >= 11 is 0. The third-order valence-electron chi connectivity index (χ3n) is 2.18. The zero-order chi connectivity index (χ0) is 7.02. The molecular weight excluding hydrogens is 298 g/mol. The molecule has 1 radical (unpaired) electrons. The van der Waals surface area contributed by atoms with Crippen molar-refractivity contribution in [3.63, 3.8) is 0 Å². The van der Waals surface area contributed by atoms with Crippen molar-refractivity contribution in [2.24, 2.45) is 0 Å². The van der Waals surface area contributed by atoms with Crippen molar-refractivity contribution in [2.45, 2.75) is 27.7 Å². The molecule has 0 fully saturated rings. The SMILES string of the molecule is Cc1[cH-]c(C)c(C)c1C.Cl.Cl.[SiH3].[Zr]. The molecule has 0 aromatic heterocycles. The van der Waals surface area contributed by atoms with E-state index in [1.165, 1.54) is 22.3 Å². The van der Waals surface area contributed by atoms with Crippen LogP contribution in [0, 0.1) is 27.7 Å². The summed E-state index contributed by atoms with van der Waals surface area (Å²) in [6.07, 6.45) is 0. The number of hydrogen-bond donors (Lipinski definition) is 0. The van der Waals surface area contributed by atoms with Crippen LogP contribution in [0.4, 0.5) is 0 Å². The Morgan fingerprint density at radius 3 is 1.08 bits per heavy atom. The average Bonchev–Trinajstić information content (AvgIpc) is 1.98. The van der Waals surface area contributed by atoms with E-state index in [-0.39, 0.29) is 62.0 Å². The molecule has 0 aliphatic carbocycles. The van der Waals surface area contributed by atoms with Crippen LogP contribution in [-0.2, 0) is 26.2 Å². The number of halogens is 2. The van der Waals surface area contributed by atoms with E-state index in [4.69, 9.17) is 0 Å². The topological polar surface area (TPSA) is 0 Å². The minimum Gasteiger partial charge on any atom is -0.196 e. The normalized spacial score (nSPS) is 7.08. The van der Waals surface area contributed by atoms with Gasteiger partial charge in [0, 0.05) is 26.2 Å². The first-order valence-electron chi connectivity index (χ1n) is 3.33. The maximum Gasteiger partial charge on any atom is 0 e. The molecule has 0 aliphatic heterocycles. The fraction of sp³-hybridized carbons (Fsp3) is 0.444. The van der Waals surface area contributed by atoms with Crippen LogP contribution < -0.4 is 0 Å². The monoisotopic (exact) mass is 314 g/mol. The molecule has 0 saturated heterocycles. The summed E-state index contributed by atoms with van der Waals surface area (Å²) in [7, 11) is 0. The van der Waals surface area contributed by atoms with E-state index < -0.39 is 0 Å². The van der Waals surface area contributed by atoms with Crippen LogP contribution >= 0.6 is 24.8 Å². The van der Waals surface area contributed by atoms with Gasteiger partial charge >= 0.3 is 0 Å². The molecule has 1 aromatic rings. The van der Waals surface area contributed by atoms with Gasteiger partial charge in [0.15, 0.2) is 0 Å². The van der Waals surface area contributed by atoms with Crippen LogP contribution in [0.25, 0.3) is 0 Å². The zero-order valence-corrected chi connectivity index (χ0v) is 15.0. The van der Waals surface area contributed by atoms with Gasteiger partial charge in [0.25, 0.3) is 0 Å². The minimum atomic E-state index is 0. The second-order valence-electron chi connectivity index (χ2n) is 2.76. The van der Waals surface area contributed by atoms with Gasteiger partial charge in [-0.25, -0.2) is 0 Å². The van der Waals surface area contributed by atoms with E-state index in [0.717, 1.165) is 0 Å². The molecular formula is C9H18Cl2SiZr-. The van der Waals surface area contributed by atoms with Gasteiger partial charge in [-0.2, -0.15) is 28.3 Å². The summed E-state index contributed by atoms with van der Waals surface area (Å²) in [4.78, 5) is 0. The van der Waals surface area contributed by atoms with Crippen LogP contribution in [0.15, 0.2) is 6.07 Å². The largest absolute Gasteiger partial charge is 0.196 e. The van der Waals surface area contributed by atoms with Gasteiger partial charge in [-0.05, 0) is 11.0 Å². The van der Waals surface area contributed by atoms with Crippen LogP contribution in [0.2, 0.25) is 0 Å². The fourth-order valence-corrected chi connectivity index (χ4v) is 1.13. The first kappa shape index (κ1) is 23.7. The Morgan fingerprint density at radius 1 is 0.769 bits per heavy atom. The van der Waals surface area contributed by atoms with Gasteiger partial charge in [0.1, 0.15) is 0 Å². The molecule has 0 aliphatic rings. The Kier molecular flexibility index (Phi) is 17.4. The molecule has 0 saturated carbocycles. The summed E-state index contributed by atoms with van der Waals surface area (Å²) in [5.74, 6) is 0. The molecule has 0 N–H and O–H groups in total. The Hall–Kier alpha value is 1.03. The molecule has 0 atom stereocenters. The molecule has 0 unspecified atom stereocenters. The third kappa shape index (κ3) is 5.47. The Bertz CT molecular complexity index is 211. The Balaban J connectivity index is -0.000000101. The van der Waals surface area contributed by atoms with E-state index in [9.17, 15) is 0 Å². The molecule has 77 valence electrons. The first-order valence-corrected chi connectivity index (χ1v) is 3.33. The van der Waals surface area contributed by atoms with Crippen LogP contribution in [0.3, 0.4) is 0 Å². The van der Waals surface area contributed by atoms with Crippen molar-refractivity contribution < 1.29 is 26.2 Å². The second-order valence-corrected chi connectivity index (χ2v) is 2.76. The van der Waals surface area contributed by atoms with Crippen LogP contribution in [0.5, 0.6) is 0 Å². The molecule has 1 aromatic carbocycles. The quantitative estimate of drug-likeness (QED) is 0.509. The van der Waals surface area contributed by atoms with Gasteiger partial charge in [0.2, 0.25) is 0 Å². The second kappa shape index (κ2) is 9.58. The average molecular weight is 316 g/mol. The van der Waals surface area contributed by atoms with Crippen molar-refractivity contribution in [3.8, 4) is 0 Å². The van der Waals surface area contributed by atoms with Crippen molar-refractivity contribution in [2.75, 3.05) is 0 Å². The number of rotatable bonds is 0. The van der Waals surface area contributed by atoms with Crippen molar-refractivity contribution >= 4 is 35.8 Å². The summed E-state index contributed by atoms with van der Waals surface area (Å²) in [5.41, 5.74) is 5.75. The molecule has 0 nitrogen and oxygen atoms in total. The van der Waals surface area contributed by atoms with Crippen LogP contribution in [-0.4, -0.2) is 11.0 Å². The fourth-order valence-electron chi connectivity index (χ4n) is 1.13. The summed E-state index contributed by atoms with van der Waals surface area (Å²) in [6.45, 7) is 8.68. The van der Waals surface area contributed by atoms with E-state index in [2.05, 4.69) is 33.8 Å². The predicted octanol–water partition coefficient (Wildman–Crippen LogP) is 2.30. The van der Waals surface area contributed by atoms with Crippen LogP contribution in [0.1, 0.15) is 22.3 Å². The zero-order valence-electron chi connectivity index (χ0n) is 8.89. The summed E-state index contributed by atoms with van der Waals surface area (Å²) in [6, 6.07) is 2.24. The molecule has 1 rings (SSSR count). The molecule has 0 amide bonds. The van der Waals surface area contributed by atoms with Gasteiger partial charge in [-0.3, -0.25) is 0 Å². The van der Waals surface area contributed by atoms with E-state index in [0.29, 0.717) is 0 Å². The molecule has 0 bridgehead atoms. The van der Waals surface area contributed by atoms with E-state index in [1.807, 2.05) is 0 Å².